The molecule has 0 aromatic heterocycles. The SMILES string of the molecule is CC(C)c1ccc(N(c2ccccc2)C2(C(C)C)CCCCC2)cc1.SI. The predicted molar refractivity (Wildman–Crippen MR) is 133 cm³/mol. The molecule has 0 unspecified atom stereocenters. The molecule has 3 heteroatoms. The fourth-order valence-electron chi connectivity index (χ4n) is 4.47. The van der Waals surface area contributed by atoms with E-state index in [-0.39, 0.29) is 5.54 Å². The van der Waals surface area contributed by atoms with Gasteiger partial charge in [-0.3, -0.25) is 0 Å². The Hall–Kier alpha value is -0.680. The van der Waals surface area contributed by atoms with Crippen LogP contribution in [0.2, 0.25) is 0 Å². The number of hydrogen-bond donors (Lipinski definition) is 1. The molecule has 3 rings (SSSR count). The Morgan fingerprint density at radius 2 is 1.30 bits per heavy atom. The molecule has 0 amide bonds. The first-order chi connectivity index (χ1) is 13.0. The quantitative estimate of drug-likeness (QED) is 0.321. The fourth-order valence-corrected chi connectivity index (χ4v) is 4.47. The zero-order chi connectivity index (χ0) is 19.9. The molecule has 0 saturated heterocycles. The lowest BCUT2D eigenvalue weighted by Gasteiger charge is -2.51. The minimum atomic E-state index is 0.221. The van der Waals surface area contributed by atoms with Gasteiger partial charge in [-0.1, -0.05) is 77.3 Å². The zero-order valence-electron chi connectivity index (χ0n) is 17.2. The summed E-state index contributed by atoms with van der Waals surface area (Å²) in [4.78, 5) is 2.65. The Kier molecular flexibility index (Phi) is 9.00. The van der Waals surface area contributed by atoms with Gasteiger partial charge in [-0.25, -0.2) is 0 Å². The molecule has 1 aliphatic carbocycles. The van der Waals surface area contributed by atoms with Crippen LogP contribution >= 0.6 is 31.0 Å². The predicted octanol–water partition coefficient (Wildman–Crippen LogP) is 8.57. The summed E-state index contributed by atoms with van der Waals surface area (Å²) in [6.07, 6.45) is 6.62. The van der Waals surface area contributed by atoms with E-state index in [2.05, 4.69) is 97.0 Å². The van der Waals surface area contributed by atoms with Crippen molar-refractivity contribution >= 4 is 42.4 Å². The van der Waals surface area contributed by atoms with Crippen molar-refractivity contribution in [1.29, 1.82) is 0 Å². The second-order valence-electron chi connectivity index (χ2n) is 8.24. The number of para-hydroxylation sites is 1. The first kappa shape index (κ1) is 22.6. The molecule has 1 nitrogen and oxygen atoms in total. The largest absolute Gasteiger partial charge is 0.335 e. The first-order valence-electron chi connectivity index (χ1n) is 10.2. The van der Waals surface area contributed by atoms with Crippen LogP contribution in [0.25, 0.3) is 0 Å². The van der Waals surface area contributed by atoms with Crippen LogP contribution in [0.15, 0.2) is 54.6 Å². The second-order valence-corrected chi connectivity index (χ2v) is 8.24. The Labute approximate surface area is 183 Å². The van der Waals surface area contributed by atoms with Crippen molar-refractivity contribution in [3.8, 4) is 0 Å². The van der Waals surface area contributed by atoms with Crippen LogP contribution < -0.4 is 4.90 Å². The van der Waals surface area contributed by atoms with E-state index >= 15 is 0 Å². The van der Waals surface area contributed by atoms with Crippen molar-refractivity contribution in [3.05, 3.63) is 60.2 Å². The van der Waals surface area contributed by atoms with Crippen molar-refractivity contribution < 1.29 is 0 Å². The van der Waals surface area contributed by atoms with E-state index in [9.17, 15) is 0 Å². The van der Waals surface area contributed by atoms with E-state index in [0.717, 1.165) is 0 Å². The van der Waals surface area contributed by atoms with Gasteiger partial charge in [0.05, 0.1) is 0 Å². The summed E-state index contributed by atoms with van der Waals surface area (Å²) >= 11 is 1.84. The third-order valence-electron chi connectivity index (χ3n) is 6.07. The minimum Gasteiger partial charge on any atom is -0.335 e. The van der Waals surface area contributed by atoms with Crippen LogP contribution in [-0.2, 0) is 0 Å². The highest BCUT2D eigenvalue weighted by Crippen LogP contribution is 2.46. The van der Waals surface area contributed by atoms with Crippen LogP contribution in [0, 0.1) is 5.92 Å². The molecule has 1 fully saturated rings. The molecule has 2 aromatic rings. The Bertz CT molecular complexity index is 661. The number of halogens is 1. The number of anilines is 2. The van der Waals surface area contributed by atoms with Gasteiger partial charge in [-0.2, -0.15) is 0 Å². The molecule has 2 aromatic carbocycles. The maximum absolute atomic E-state index is 3.50. The highest BCUT2D eigenvalue weighted by molar-refractivity contribution is 14.2. The van der Waals surface area contributed by atoms with Crippen molar-refractivity contribution in [2.45, 2.75) is 71.3 Å². The van der Waals surface area contributed by atoms with Gasteiger partial charge in [0.2, 0.25) is 0 Å². The normalized spacial score (nSPS) is 16.0. The zero-order valence-corrected chi connectivity index (χ0v) is 20.2. The fraction of sp³-hybridized carbons (Fsp3) is 0.500. The lowest BCUT2D eigenvalue weighted by Crippen LogP contribution is -2.51. The molecule has 0 aliphatic heterocycles. The van der Waals surface area contributed by atoms with Crippen LogP contribution in [0.3, 0.4) is 0 Å². The number of nitrogens with zero attached hydrogens (tertiary/aromatic N) is 1. The van der Waals surface area contributed by atoms with Gasteiger partial charge in [-0.15, -0.1) is 9.80 Å². The summed E-state index contributed by atoms with van der Waals surface area (Å²) in [5.41, 5.74) is 4.31. The van der Waals surface area contributed by atoms with Gasteiger partial charge < -0.3 is 4.90 Å². The molecule has 0 radical (unpaired) electrons. The van der Waals surface area contributed by atoms with E-state index < -0.39 is 0 Å². The molecular formula is C24H34INS. The van der Waals surface area contributed by atoms with Crippen molar-refractivity contribution in [2.75, 3.05) is 4.90 Å². The average molecular weight is 496 g/mol. The van der Waals surface area contributed by atoms with Crippen molar-refractivity contribution in [3.63, 3.8) is 0 Å². The molecular weight excluding hydrogens is 461 g/mol. The van der Waals surface area contributed by atoms with Crippen LogP contribution in [0.4, 0.5) is 11.4 Å². The number of thiol groups is 1. The third-order valence-corrected chi connectivity index (χ3v) is 6.07. The van der Waals surface area contributed by atoms with Gasteiger partial charge in [0.15, 0.2) is 0 Å². The smallest absolute Gasteiger partial charge is 0.0474 e. The average Bonchev–Trinajstić information content (AvgIpc) is 2.71. The highest BCUT2D eigenvalue weighted by Gasteiger charge is 2.41. The van der Waals surface area contributed by atoms with E-state index in [0.29, 0.717) is 11.8 Å². The standard InChI is InChI=1S/C24H33N.HIS/c1-19(2)21-13-15-23(16-14-21)25(22-11-7-5-8-12-22)24(20(3)4)17-9-6-10-18-24;1-2/h5,7-8,11-16,19-20H,6,9-10,17-18H2,1-4H3;2H. The third kappa shape index (κ3) is 5.23. The van der Waals surface area contributed by atoms with E-state index in [1.807, 2.05) is 21.2 Å². The Morgan fingerprint density at radius 1 is 0.778 bits per heavy atom. The van der Waals surface area contributed by atoms with E-state index in [1.165, 1.54) is 49.0 Å². The topological polar surface area (TPSA) is 3.24 Å². The highest BCUT2D eigenvalue weighted by atomic mass is 127. The van der Waals surface area contributed by atoms with Crippen molar-refractivity contribution in [2.24, 2.45) is 5.92 Å². The first-order valence-corrected chi connectivity index (χ1v) is 13.4. The van der Waals surface area contributed by atoms with Crippen molar-refractivity contribution in [1.82, 2.24) is 0 Å². The Balaban J connectivity index is 0.00000126. The monoisotopic (exact) mass is 495 g/mol. The summed E-state index contributed by atoms with van der Waals surface area (Å²) in [6, 6.07) is 20.3. The van der Waals surface area contributed by atoms with Crippen LogP contribution in [-0.4, -0.2) is 5.54 Å². The summed E-state index contributed by atoms with van der Waals surface area (Å²) in [5, 5.41) is 0. The molecule has 27 heavy (non-hydrogen) atoms. The number of benzene rings is 2. The molecule has 148 valence electrons. The molecule has 1 saturated carbocycles. The van der Waals surface area contributed by atoms with Gasteiger partial charge in [-0.05, 0) is 75.7 Å². The molecule has 1 aliphatic rings. The molecule has 0 atom stereocenters. The lowest BCUT2D eigenvalue weighted by atomic mass is 9.72. The molecule has 0 bridgehead atoms. The van der Waals surface area contributed by atoms with E-state index in [4.69, 9.17) is 0 Å². The number of hydrogen-bond acceptors (Lipinski definition) is 2. The van der Waals surface area contributed by atoms with Gasteiger partial charge >= 0.3 is 0 Å². The van der Waals surface area contributed by atoms with E-state index in [1.54, 1.807) is 0 Å². The Morgan fingerprint density at radius 3 is 1.78 bits per heavy atom. The van der Waals surface area contributed by atoms with Gasteiger partial charge in [0, 0.05) is 16.9 Å². The second kappa shape index (κ2) is 10.8. The maximum Gasteiger partial charge on any atom is 0.0474 e. The summed E-state index contributed by atoms with van der Waals surface area (Å²) < 4.78 is 0. The minimum absolute atomic E-state index is 0.221. The molecule has 0 spiro atoms. The van der Waals surface area contributed by atoms with Gasteiger partial charge in [0.1, 0.15) is 0 Å². The summed E-state index contributed by atoms with van der Waals surface area (Å²) in [5.74, 6) is 1.20. The lowest BCUT2D eigenvalue weighted by molar-refractivity contribution is 0.219. The van der Waals surface area contributed by atoms with Crippen LogP contribution in [0.1, 0.15) is 71.3 Å². The summed E-state index contributed by atoms with van der Waals surface area (Å²) in [7, 11) is 3.50. The van der Waals surface area contributed by atoms with Crippen LogP contribution in [0.5, 0.6) is 0 Å². The number of rotatable bonds is 5. The molecule has 0 N–H and O–H groups in total. The summed E-state index contributed by atoms with van der Waals surface area (Å²) in [6.45, 7) is 9.34. The maximum atomic E-state index is 3.50. The van der Waals surface area contributed by atoms with Gasteiger partial charge in [0.25, 0.3) is 0 Å². The molecule has 0 heterocycles.